The zero-order chi connectivity index (χ0) is 35.7. The largest absolute Gasteiger partial charge is 0.497 e. The van der Waals surface area contributed by atoms with Crippen molar-refractivity contribution in [3.05, 3.63) is 89.0 Å². The van der Waals surface area contributed by atoms with E-state index in [0.29, 0.717) is 30.2 Å². The number of methoxy groups -OCH3 is 1. The highest BCUT2D eigenvalue weighted by Gasteiger charge is 2.45. The Bertz CT molecular complexity index is 1980. The third-order valence-electron chi connectivity index (χ3n) is 11.2. The molecular formula is C43H49N3O5. The SMILES string of the molecule is COc1ccc2c(c1)N(CC(C)C)CCn1c-2c(C2CCCCC2)c2ccc(C(=O)NC3(C(=O)Cc4ccc(/C=C/C(=O)O)cc4)CCC3)cc21. The molecule has 8 heteroatoms. The van der Waals surface area contributed by atoms with Crippen LogP contribution in [0.1, 0.15) is 98.2 Å². The molecule has 7 rings (SSSR count). The lowest BCUT2D eigenvalue weighted by Gasteiger charge is -2.41. The number of ether oxygens (including phenoxy) is 1. The van der Waals surface area contributed by atoms with E-state index < -0.39 is 11.5 Å². The molecular weight excluding hydrogens is 638 g/mol. The number of aliphatic carboxylic acids is 1. The van der Waals surface area contributed by atoms with Crippen LogP contribution < -0.4 is 15.0 Å². The van der Waals surface area contributed by atoms with Crippen LogP contribution in [0.15, 0.2) is 66.7 Å². The Morgan fingerprint density at radius 3 is 2.39 bits per heavy atom. The Kier molecular flexibility index (Phi) is 9.77. The summed E-state index contributed by atoms with van der Waals surface area (Å²) in [7, 11) is 1.73. The molecule has 0 spiro atoms. The standard InChI is InChI=1S/C43H49N3O5/c1-28(2)27-45-22-23-46-37-25-32(42(50)44-43(20-7-21-43)38(47)24-30-12-10-29(11-13-30)14-19-39(48)49)15-17-34(37)40(31-8-5-4-6-9-31)41(46)35-18-16-33(51-3)26-36(35)45/h10-19,25-26,28,31H,4-9,20-24,27H2,1-3H3,(H,44,50)(H,48,49)/b19-14+. The number of ketones is 1. The van der Waals surface area contributed by atoms with Gasteiger partial charge in [0.1, 0.15) is 5.75 Å². The molecule has 51 heavy (non-hydrogen) atoms. The summed E-state index contributed by atoms with van der Waals surface area (Å²) in [5.41, 5.74) is 7.47. The molecule has 1 aliphatic heterocycles. The van der Waals surface area contributed by atoms with Crippen molar-refractivity contribution in [2.75, 3.05) is 25.1 Å². The molecule has 2 fully saturated rings. The lowest BCUT2D eigenvalue weighted by Crippen LogP contribution is -2.59. The molecule has 2 saturated carbocycles. The molecule has 0 radical (unpaired) electrons. The van der Waals surface area contributed by atoms with Crippen molar-refractivity contribution in [1.82, 2.24) is 9.88 Å². The van der Waals surface area contributed by atoms with Gasteiger partial charge in [0.2, 0.25) is 0 Å². The molecule has 0 unspecified atom stereocenters. The fraction of sp³-hybridized carbons (Fsp3) is 0.419. The van der Waals surface area contributed by atoms with Crippen LogP contribution >= 0.6 is 0 Å². The lowest BCUT2D eigenvalue weighted by molar-refractivity contribution is -0.131. The minimum Gasteiger partial charge on any atom is -0.497 e. The van der Waals surface area contributed by atoms with Crippen molar-refractivity contribution >= 4 is 40.3 Å². The Morgan fingerprint density at radius 1 is 0.961 bits per heavy atom. The van der Waals surface area contributed by atoms with E-state index in [2.05, 4.69) is 59.0 Å². The van der Waals surface area contributed by atoms with Gasteiger partial charge in [-0.3, -0.25) is 9.59 Å². The molecule has 2 heterocycles. The van der Waals surface area contributed by atoms with Gasteiger partial charge in [-0.2, -0.15) is 0 Å². The van der Waals surface area contributed by atoms with E-state index in [1.807, 2.05) is 30.3 Å². The zero-order valence-corrected chi connectivity index (χ0v) is 30.0. The van der Waals surface area contributed by atoms with Gasteiger partial charge in [-0.1, -0.05) is 63.4 Å². The summed E-state index contributed by atoms with van der Waals surface area (Å²) in [5.74, 6) is 0.594. The maximum atomic E-state index is 14.1. The minimum absolute atomic E-state index is 0.00502. The lowest BCUT2D eigenvalue weighted by atomic mass is 9.72. The number of hydrogen-bond acceptors (Lipinski definition) is 5. The summed E-state index contributed by atoms with van der Waals surface area (Å²) in [6.45, 7) is 7.12. The monoisotopic (exact) mass is 687 g/mol. The van der Waals surface area contributed by atoms with E-state index in [9.17, 15) is 14.4 Å². The average molecular weight is 688 g/mol. The second-order valence-corrected chi connectivity index (χ2v) is 15.1. The summed E-state index contributed by atoms with van der Waals surface area (Å²) >= 11 is 0. The summed E-state index contributed by atoms with van der Waals surface area (Å²) < 4.78 is 8.17. The number of fused-ring (bicyclic) bond motifs is 5. The predicted molar refractivity (Wildman–Crippen MR) is 203 cm³/mol. The zero-order valence-electron chi connectivity index (χ0n) is 30.0. The van der Waals surface area contributed by atoms with Crippen molar-refractivity contribution in [1.29, 1.82) is 0 Å². The smallest absolute Gasteiger partial charge is 0.328 e. The van der Waals surface area contributed by atoms with Gasteiger partial charge < -0.3 is 24.6 Å². The van der Waals surface area contributed by atoms with Crippen LogP contribution in [0.2, 0.25) is 0 Å². The summed E-state index contributed by atoms with van der Waals surface area (Å²) in [6, 6.07) is 20.0. The van der Waals surface area contributed by atoms with Crippen LogP contribution in [0.5, 0.6) is 5.75 Å². The normalized spacial score (nSPS) is 17.1. The molecule has 3 aromatic carbocycles. The number of amides is 1. The highest BCUT2D eigenvalue weighted by molar-refractivity contribution is 6.04. The maximum Gasteiger partial charge on any atom is 0.328 e. The molecule has 266 valence electrons. The van der Waals surface area contributed by atoms with Crippen LogP contribution in [0, 0.1) is 5.92 Å². The van der Waals surface area contributed by atoms with Crippen molar-refractivity contribution in [2.45, 2.75) is 89.6 Å². The van der Waals surface area contributed by atoms with E-state index >= 15 is 0 Å². The number of carbonyl (C=O) groups excluding carboxylic acids is 2. The Morgan fingerprint density at radius 2 is 1.73 bits per heavy atom. The number of carbonyl (C=O) groups is 3. The molecule has 1 amide bonds. The number of nitrogens with one attached hydrogen (secondary N) is 1. The first kappa shape index (κ1) is 34.6. The Hall–Kier alpha value is -4.85. The minimum atomic E-state index is -1.01. The van der Waals surface area contributed by atoms with Gasteiger partial charge in [-0.15, -0.1) is 0 Å². The molecule has 1 aromatic heterocycles. The maximum absolute atomic E-state index is 14.1. The molecule has 8 nitrogen and oxygen atoms in total. The first-order valence-electron chi connectivity index (χ1n) is 18.6. The highest BCUT2D eigenvalue weighted by Crippen LogP contribution is 2.48. The summed E-state index contributed by atoms with van der Waals surface area (Å²) in [4.78, 5) is 41.2. The van der Waals surface area contributed by atoms with Crippen LogP contribution in [-0.4, -0.2) is 53.1 Å². The van der Waals surface area contributed by atoms with E-state index in [4.69, 9.17) is 9.84 Å². The van der Waals surface area contributed by atoms with Crippen molar-refractivity contribution in [3.8, 4) is 17.0 Å². The fourth-order valence-electron chi connectivity index (χ4n) is 8.48. The van der Waals surface area contributed by atoms with Gasteiger partial charge in [0, 0.05) is 65.9 Å². The molecule has 0 atom stereocenters. The topological polar surface area (TPSA) is 101 Å². The number of rotatable bonds is 11. The number of anilines is 1. The first-order chi connectivity index (χ1) is 24.7. The fourth-order valence-corrected chi connectivity index (χ4v) is 8.48. The number of hydrogen-bond donors (Lipinski definition) is 2. The third-order valence-corrected chi connectivity index (χ3v) is 11.2. The van der Waals surface area contributed by atoms with Gasteiger partial charge in [-0.05, 0) is 91.0 Å². The molecule has 2 aliphatic carbocycles. The van der Waals surface area contributed by atoms with Crippen molar-refractivity contribution in [3.63, 3.8) is 0 Å². The van der Waals surface area contributed by atoms with Crippen LogP contribution in [0.25, 0.3) is 28.2 Å². The quantitative estimate of drug-likeness (QED) is 0.154. The van der Waals surface area contributed by atoms with E-state index in [1.54, 1.807) is 7.11 Å². The van der Waals surface area contributed by atoms with Crippen molar-refractivity contribution < 1.29 is 24.2 Å². The molecule has 3 aliphatic rings. The molecule has 0 saturated heterocycles. The summed E-state index contributed by atoms with van der Waals surface area (Å²) in [6.07, 6.45) is 11.0. The van der Waals surface area contributed by atoms with Gasteiger partial charge in [0.25, 0.3) is 5.91 Å². The number of aromatic nitrogens is 1. The first-order valence-corrected chi connectivity index (χ1v) is 18.6. The second kappa shape index (κ2) is 14.4. The highest BCUT2D eigenvalue weighted by atomic mass is 16.5. The molecule has 0 bridgehead atoms. The van der Waals surface area contributed by atoms with Gasteiger partial charge in [-0.25, -0.2) is 4.79 Å². The van der Waals surface area contributed by atoms with E-state index in [1.165, 1.54) is 66.1 Å². The number of carboxylic acid groups (broad SMARTS) is 1. The van der Waals surface area contributed by atoms with E-state index in [-0.39, 0.29) is 18.1 Å². The van der Waals surface area contributed by atoms with Gasteiger partial charge in [0.05, 0.1) is 18.3 Å². The number of nitrogens with zero attached hydrogens (tertiary/aromatic N) is 2. The number of carboxylic acids is 1. The van der Waals surface area contributed by atoms with Crippen molar-refractivity contribution in [2.24, 2.45) is 5.92 Å². The second-order valence-electron chi connectivity index (χ2n) is 15.1. The number of benzene rings is 3. The number of Topliss-reactive ketones (excluding diaryl/α,β-unsaturated/α-hetero) is 1. The Labute approximate surface area is 300 Å². The van der Waals surface area contributed by atoms with Crippen LogP contribution in [-0.2, 0) is 22.6 Å². The van der Waals surface area contributed by atoms with Gasteiger partial charge >= 0.3 is 5.97 Å². The predicted octanol–water partition coefficient (Wildman–Crippen LogP) is 8.40. The van der Waals surface area contributed by atoms with Crippen LogP contribution in [0.4, 0.5) is 5.69 Å². The van der Waals surface area contributed by atoms with E-state index in [0.717, 1.165) is 54.5 Å². The summed E-state index contributed by atoms with van der Waals surface area (Å²) in [5, 5.41) is 13.3. The molecule has 2 N–H and O–H groups in total. The van der Waals surface area contributed by atoms with Crippen LogP contribution in [0.3, 0.4) is 0 Å². The average Bonchev–Trinajstić information content (AvgIpc) is 3.35. The third kappa shape index (κ3) is 6.93. The Balaban J connectivity index is 1.22. The molecule has 4 aromatic rings. The van der Waals surface area contributed by atoms with Gasteiger partial charge in [0.15, 0.2) is 5.78 Å².